The molecule has 7 nitrogen and oxygen atoms in total. The third kappa shape index (κ3) is 4.49. The number of para-hydroxylation sites is 1. The maximum atomic E-state index is 13.1. The van der Waals surface area contributed by atoms with Gasteiger partial charge in [-0.1, -0.05) is 35.9 Å². The average molecular weight is 463 g/mol. The summed E-state index contributed by atoms with van der Waals surface area (Å²) in [5.41, 5.74) is 2.13. The van der Waals surface area contributed by atoms with Crippen LogP contribution in [0.25, 0.3) is 11.0 Å². The van der Waals surface area contributed by atoms with Crippen molar-refractivity contribution in [2.45, 2.75) is 6.42 Å². The second kappa shape index (κ2) is 8.88. The number of ether oxygens (including phenoxy) is 2. The topological polar surface area (TPSA) is 89.8 Å². The van der Waals surface area contributed by atoms with E-state index < -0.39 is 5.91 Å². The molecule has 166 valence electrons. The number of anilines is 2. The van der Waals surface area contributed by atoms with Crippen molar-refractivity contribution in [2.24, 2.45) is 0 Å². The van der Waals surface area contributed by atoms with E-state index in [1.165, 1.54) is 0 Å². The predicted molar refractivity (Wildman–Crippen MR) is 125 cm³/mol. The number of amides is 2. The molecular formula is C25H19ClN2O5. The van der Waals surface area contributed by atoms with Crippen LogP contribution >= 0.6 is 11.6 Å². The number of furan rings is 1. The van der Waals surface area contributed by atoms with E-state index >= 15 is 0 Å². The third-order valence-corrected chi connectivity index (χ3v) is 5.40. The van der Waals surface area contributed by atoms with Gasteiger partial charge in [0, 0.05) is 22.2 Å². The minimum atomic E-state index is -0.496. The van der Waals surface area contributed by atoms with E-state index in [0.717, 1.165) is 5.56 Å². The molecule has 0 unspecified atom stereocenters. The number of carbonyl (C=O) groups is 2. The summed E-state index contributed by atoms with van der Waals surface area (Å²) in [7, 11) is 0. The smallest absolute Gasteiger partial charge is 0.293 e. The summed E-state index contributed by atoms with van der Waals surface area (Å²) in [4.78, 5) is 25.9. The number of rotatable bonds is 5. The van der Waals surface area contributed by atoms with Crippen molar-refractivity contribution < 1.29 is 23.5 Å². The SMILES string of the molecule is O=C(Cc1ccc(Cl)cc1)Nc1c(C(=O)Nc2ccc3c(c2)OCCO3)oc2ccccc12. The molecule has 0 atom stereocenters. The molecule has 8 heteroatoms. The number of fused-ring (bicyclic) bond motifs is 2. The summed E-state index contributed by atoms with van der Waals surface area (Å²) >= 11 is 5.92. The summed E-state index contributed by atoms with van der Waals surface area (Å²) in [6.07, 6.45) is 0.125. The lowest BCUT2D eigenvalue weighted by Gasteiger charge is -2.18. The summed E-state index contributed by atoms with van der Waals surface area (Å²) in [6.45, 7) is 0.925. The fraction of sp³-hybridized carbons (Fsp3) is 0.120. The van der Waals surface area contributed by atoms with Crippen molar-refractivity contribution in [3.05, 3.63) is 83.1 Å². The van der Waals surface area contributed by atoms with E-state index in [9.17, 15) is 9.59 Å². The third-order valence-electron chi connectivity index (χ3n) is 5.14. The number of hydrogen-bond donors (Lipinski definition) is 2. The van der Waals surface area contributed by atoms with Gasteiger partial charge in [0.1, 0.15) is 24.5 Å². The van der Waals surface area contributed by atoms with Crippen LogP contribution in [0.1, 0.15) is 16.1 Å². The second-order valence-corrected chi connectivity index (χ2v) is 7.90. The first-order valence-corrected chi connectivity index (χ1v) is 10.7. The molecule has 0 bridgehead atoms. The van der Waals surface area contributed by atoms with E-state index in [2.05, 4.69) is 10.6 Å². The molecule has 3 aromatic carbocycles. The highest BCUT2D eigenvalue weighted by Gasteiger charge is 2.23. The van der Waals surface area contributed by atoms with Crippen molar-refractivity contribution in [1.82, 2.24) is 0 Å². The Morgan fingerprint density at radius 2 is 1.64 bits per heavy atom. The number of benzene rings is 3. The summed E-state index contributed by atoms with van der Waals surface area (Å²) < 4.78 is 16.9. The number of nitrogens with one attached hydrogen (secondary N) is 2. The highest BCUT2D eigenvalue weighted by atomic mass is 35.5. The van der Waals surface area contributed by atoms with E-state index in [4.69, 9.17) is 25.5 Å². The Hall–Kier alpha value is -3.97. The Kier molecular flexibility index (Phi) is 5.62. The van der Waals surface area contributed by atoms with Gasteiger partial charge in [-0.05, 0) is 42.0 Å². The fourth-order valence-corrected chi connectivity index (χ4v) is 3.74. The number of hydrogen-bond acceptors (Lipinski definition) is 5. The maximum absolute atomic E-state index is 13.1. The number of carbonyl (C=O) groups excluding carboxylic acids is 2. The van der Waals surface area contributed by atoms with Gasteiger partial charge in [0.05, 0.1) is 6.42 Å². The van der Waals surface area contributed by atoms with E-state index in [1.54, 1.807) is 60.7 Å². The van der Waals surface area contributed by atoms with Crippen molar-refractivity contribution in [3.8, 4) is 11.5 Å². The quantitative estimate of drug-likeness (QED) is 0.420. The monoisotopic (exact) mass is 462 g/mol. The Balaban J connectivity index is 1.40. The van der Waals surface area contributed by atoms with Crippen molar-refractivity contribution in [1.29, 1.82) is 0 Å². The van der Waals surface area contributed by atoms with Crippen LogP contribution in [0.3, 0.4) is 0 Å². The lowest BCUT2D eigenvalue weighted by molar-refractivity contribution is -0.115. The van der Waals surface area contributed by atoms with Gasteiger partial charge in [-0.3, -0.25) is 9.59 Å². The Bertz CT molecular complexity index is 1350. The molecule has 4 aromatic rings. The molecular weight excluding hydrogens is 444 g/mol. The summed E-state index contributed by atoms with van der Waals surface area (Å²) in [5, 5.41) is 6.88. The summed E-state index contributed by atoms with van der Waals surface area (Å²) in [6, 6.07) is 19.3. The van der Waals surface area contributed by atoms with Gasteiger partial charge >= 0.3 is 0 Å². The zero-order chi connectivity index (χ0) is 22.8. The van der Waals surface area contributed by atoms with Crippen LogP contribution in [0.2, 0.25) is 5.02 Å². The van der Waals surface area contributed by atoms with Gasteiger partial charge in [-0.15, -0.1) is 0 Å². The predicted octanol–water partition coefficient (Wildman–Crippen LogP) is 5.29. The van der Waals surface area contributed by atoms with Crippen LogP contribution in [-0.2, 0) is 11.2 Å². The fourth-order valence-electron chi connectivity index (χ4n) is 3.61. The van der Waals surface area contributed by atoms with E-state index in [-0.39, 0.29) is 18.1 Å². The molecule has 33 heavy (non-hydrogen) atoms. The molecule has 0 aliphatic carbocycles. The van der Waals surface area contributed by atoms with Crippen LogP contribution in [0, 0.1) is 0 Å². The van der Waals surface area contributed by atoms with E-state index in [1.807, 2.05) is 6.07 Å². The minimum Gasteiger partial charge on any atom is -0.486 e. The van der Waals surface area contributed by atoms with Crippen LogP contribution in [-0.4, -0.2) is 25.0 Å². The lowest BCUT2D eigenvalue weighted by atomic mass is 10.1. The molecule has 2 N–H and O–H groups in total. The Morgan fingerprint density at radius 3 is 2.45 bits per heavy atom. The van der Waals surface area contributed by atoms with Crippen molar-refractivity contribution >= 4 is 45.8 Å². The van der Waals surface area contributed by atoms with Crippen molar-refractivity contribution in [2.75, 3.05) is 23.8 Å². The molecule has 0 fully saturated rings. The maximum Gasteiger partial charge on any atom is 0.293 e. The molecule has 0 saturated heterocycles. The van der Waals surface area contributed by atoms with Crippen LogP contribution in [0.5, 0.6) is 11.5 Å². The average Bonchev–Trinajstić information content (AvgIpc) is 3.19. The van der Waals surface area contributed by atoms with Crippen molar-refractivity contribution in [3.63, 3.8) is 0 Å². The van der Waals surface area contributed by atoms with Crippen LogP contribution in [0.15, 0.2) is 71.1 Å². The second-order valence-electron chi connectivity index (χ2n) is 7.47. The Morgan fingerprint density at radius 1 is 0.879 bits per heavy atom. The highest BCUT2D eigenvalue weighted by Crippen LogP contribution is 2.34. The van der Waals surface area contributed by atoms with Gasteiger partial charge < -0.3 is 24.5 Å². The van der Waals surface area contributed by atoms with Gasteiger partial charge in [0.2, 0.25) is 11.7 Å². The molecule has 0 spiro atoms. The van der Waals surface area contributed by atoms with Gasteiger partial charge in [-0.25, -0.2) is 0 Å². The zero-order valence-corrected chi connectivity index (χ0v) is 18.1. The Labute approximate surface area is 194 Å². The molecule has 1 aliphatic rings. The van der Waals surface area contributed by atoms with Gasteiger partial charge in [-0.2, -0.15) is 0 Å². The normalized spacial score (nSPS) is 12.4. The van der Waals surface area contributed by atoms with Crippen LogP contribution in [0.4, 0.5) is 11.4 Å². The molecule has 2 amide bonds. The highest BCUT2D eigenvalue weighted by molar-refractivity contribution is 6.30. The number of halogens is 1. The molecule has 1 aliphatic heterocycles. The molecule has 0 radical (unpaired) electrons. The van der Waals surface area contributed by atoms with Crippen LogP contribution < -0.4 is 20.1 Å². The van der Waals surface area contributed by atoms with E-state index in [0.29, 0.717) is 52.1 Å². The molecule has 5 rings (SSSR count). The zero-order valence-electron chi connectivity index (χ0n) is 17.4. The minimum absolute atomic E-state index is 0.00976. The first-order chi connectivity index (χ1) is 16.1. The first kappa shape index (κ1) is 20.9. The summed E-state index contributed by atoms with van der Waals surface area (Å²) in [5.74, 6) is 0.413. The molecule has 0 saturated carbocycles. The lowest BCUT2D eigenvalue weighted by Crippen LogP contribution is -2.19. The molecule has 1 aromatic heterocycles. The standard InChI is InChI=1S/C25H19ClN2O5/c26-16-7-5-15(6-8-16)13-22(29)28-23-18-3-1-2-4-19(18)33-24(23)25(30)27-17-9-10-20-21(14-17)32-12-11-31-20/h1-10,14H,11-13H2,(H,27,30)(H,28,29). The van der Waals surface area contributed by atoms with Gasteiger partial charge in [0.15, 0.2) is 11.5 Å². The first-order valence-electron chi connectivity index (χ1n) is 10.3. The van der Waals surface area contributed by atoms with Gasteiger partial charge in [0.25, 0.3) is 5.91 Å². The largest absolute Gasteiger partial charge is 0.486 e. The molecule has 2 heterocycles.